The molecule has 2 saturated heterocycles. The minimum Gasteiger partial charge on any atom is -0.368 e. The van der Waals surface area contributed by atoms with Crippen molar-refractivity contribution in [3.05, 3.63) is 0 Å². The highest BCUT2D eigenvalue weighted by atomic mass is 16.5. The van der Waals surface area contributed by atoms with Crippen LogP contribution in [-0.4, -0.2) is 61.9 Å². The smallest absolute Gasteiger partial charge is 0.168 e. The van der Waals surface area contributed by atoms with Crippen LogP contribution in [0.3, 0.4) is 0 Å². The molecule has 138 valence electrons. The topological polar surface area (TPSA) is 58.6 Å². The summed E-state index contributed by atoms with van der Waals surface area (Å²) in [4.78, 5) is 27.5. The largest absolute Gasteiger partial charge is 0.368 e. The minimum absolute atomic E-state index is 0.148. The summed E-state index contributed by atoms with van der Waals surface area (Å²) in [5.74, 6) is 0.702. The van der Waals surface area contributed by atoms with Crippen LogP contribution in [0.25, 0.3) is 0 Å². The first-order chi connectivity index (χ1) is 11.1. The van der Waals surface area contributed by atoms with Crippen LogP contribution in [0, 0.1) is 16.7 Å². The summed E-state index contributed by atoms with van der Waals surface area (Å²) in [6, 6.07) is 0. The van der Waals surface area contributed by atoms with Crippen molar-refractivity contribution in [3.8, 4) is 0 Å². The SMILES string of the molecule is CC(C)(C)C(=O)[C@H]1CCN(CCC(C)(C)C(=O)[C@H]2CNCCO2)C1. The van der Waals surface area contributed by atoms with Gasteiger partial charge in [0.2, 0.25) is 0 Å². The molecule has 2 atom stereocenters. The van der Waals surface area contributed by atoms with E-state index in [9.17, 15) is 9.59 Å². The predicted molar refractivity (Wildman–Crippen MR) is 95.0 cm³/mol. The lowest BCUT2D eigenvalue weighted by Gasteiger charge is -2.32. The van der Waals surface area contributed by atoms with Gasteiger partial charge in [-0.15, -0.1) is 0 Å². The Bertz CT molecular complexity index is 462. The van der Waals surface area contributed by atoms with E-state index in [-0.39, 0.29) is 23.2 Å². The molecule has 2 fully saturated rings. The quantitative estimate of drug-likeness (QED) is 0.801. The van der Waals surface area contributed by atoms with Gasteiger partial charge in [-0.3, -0.25) is 9.59 Å². The maximum atomic E-state index is 12.7. The van der Waals surface area contributed by atoms with Gasteiger partial charge in [-0.05, 0) is 25.9 Å². The molecule has 5 heteroatoms. The minimum atomic E-state index is -0.393. The van der Waals surface area contributed by atoms with Crippen molar-refractivity contribution in [1.29, 1.82) is 0 Å². The molecule has 2 aliphatic heterocycles. The van der Waals surface area contributed by atoms with E-state index in [1.54, 1.807) is 0 Å². The molecule has 0 saturated carbocycles. The first kappa shape index (κ1) is 19.5. The second-order valence-electron chi connectivity index (χ2n) is 8.96. The van der Waals surface area contributed by atoms with Crippen molar-refractivity contribution in [3.63, 3.8) is 0 Å². The number of carbonyl (C=O) groups is 2. The first-order valence-corrected chi connectivity index (χ1v) is 9.24. The normalized spacial score (nSPS) is 26.5. The average molecular weight is 338 g/mol. The second kappa shape index (κ2) is 7.63. The maximum Gasteiger partial charge on any atom is 0.168 e. The summed E-state index contributed by atoms with van der Waals surface area (Å²) in [5.41, 5.74) is -0.656. The van der Waals surface area contributed by atoms with Crippen molar-refractivity contribution in [1.82, 2.24) is 10.2 Å². The monoisotopic (exact) mass is 338 g/mol. The lowest BCUT2D eigenvalue weighted by Crippen LogP contribution is -2.48. The van der Waals surface area contributed by atoms with Crippen LogP contribution in [0.2, 0.25) is 0 Å². The van der Waals surface area contributed by atoms with E-state index in [0.717, 1.165) is 39.0 Å². The van der Waals surface area contributed by atoms with Crippen LogP contribution in [0.1, 0.15) is 47.5 Å². The molecule has 2 heterocycles. The summed E-state index contributed by atoms with van der Waals surface area (Å²) in [7, 11) is 0. The molecule has 0 bridgehead atoms. The third-order valence-electron chi connectivity index (χ3n) is 5.32. The number of rotatable bonds is 6. The van der Waals surface area contributed by atoms with E-state index < -0.39 is 5.41 Å². The Balaban J connectivity index is 1.82. The maximum absolute atomic E-state index is 12.7. The van der Waals surface area contributed by atoms with E-state index in [0.29, 0.717) is 18.9 Å². The molecule has 5 nitrogen and oxygen atoms in total. The zero-order valence-electron chi connectivity index (χ0n) is 16.0. The van der Waals surface area contributed by atoms with Crippen molar-refractivity contribution in [2.24, 2.45) is 16.7 Å². The molecule has 0 aliphatic carbocycles. The fraction of sp³-hybridized carbons (Fsp3) is 0.895. The van der Waals surface area contributed by atoms with Crippen LogP contribution < -0.4 is 5.32 Å². The molecular formula is C19H34N2O3. The van der Waals surface area contributed by atoms with Gasteiger partial charge >= 0.3 is 0 Å². The number of hydrogen-bond donors (Lipinski definition) is 1. The fourth-order valence-electron chi connectivity index (χ4n) is 3.59. The van der Waals surface area contributed by atoms with Gasteiger partial charge in [-0.1, -0.05) is 34.6 Å². The number of carbonyl (C=O) groups excluding carboxylic acids is 2. The third kappa shape index (κ3) is 4.87. The molecular weight excluding hydrogens is 304 g/mol. The summed E-state index contributed by atoms with van der Waals surface area (Å²) in [6.07, 6.45) is 1.44. The fourth-order valence-corrected chi connectivity index (χ4v) is 3.59. The molecule has 0 unspecified atom stereocenters. The highest BCUT2D eigenvalue weighted by Gasteiger charge is 2.38. The van der Waals surface area contributed by atoms with Crippen LogP contribution in [-0.2, 0) is 14.3 Å². The van der Waals surface area contributed by atoms with Gasteiger partial charge in [-0.2, -0.15) is 0 Å². The second-order valence-corrected chi connectivity index (χ2v) is 8.96. The Morgan fingerprint density at radius 3 is 2.46 bits per heavy atom. The van der Waals surface area contributed by atoms with Gasteiger partial charge in [0.05, 0.1) is 6.61 Å². The van der Waals surface area contributed by atoms with E-state index in [4.69, 9.17) is 4.74 Å². The van der Waals surface area contributed by atoms with Gasteiger partial charge in [0.1, 0.15) is 11.9 Å². The van der Waals surface area contributed by atoms with Gasteiger partial charge in [0.15, 0.2) is 5.78 Å². The molecule has 0 amide bonds. The van der Waals surface area contributed by atoms with Gasteiger partial charge in [0, 0.05) is 36.4 Å². The molecule has 24 heavy (non-hydrogen) atoms. The van der Waals surface area contributed by atoms with Crippen molar-refractivity contribution in [2.45, 2.75) is 53.6 Å². The molecule has 0 spiro atoms. The Labute approximate surface area is 146 Å². The Hall–Kier alpha value is -0.780. The van der Waals surface area contributed by atoms with E-state index >= 15 is 0 Å². The molecule has 2 aliphatic rings. The number of nitrogens with one attached hydrogen (secondary N) is 1. The summed E-state index contributed by atoms with van der Waals surface area (Å²) in [5, 5.41) is 3.22. The number of Topliss-reactive ketones (excluding diaryl/α,β-unsaturated/α-hetero) is 2. The first-order valence-electron chi connectivity index (χ1n) is 9.24. The average Bonchev–Trinajstić information content (AvgIpc) is 3.00. The number of likely N-dealkylation sites (tertiary alicyclic amines) is 1. The lowest BCUT2D eigenvalue weighted by atomic mass is 9.81. The molecule has 0 aromatic rings. The number of hydrogen-bond acceptors (Lipinski definition) is 5. The molecule has 0 aromatic heterocycles. The summed E-state index contributed by atoms with van der Waals surface area (Å²) >= 11 is 0. The predicted octanol–water partition coefficient (Wildman–Crippen LogP) is 1.90. The third-order valence-corrected chi connectivity index (χ3v) is 5.32. The van der Waals surface area contributed by atoms with Crippen LogP contribution in [0.5, 0.6) is 0 Å². The number of ether oxygens (including phenoxy) is 1. The Morgan fingerprint density at radius 1 is 1.17 bits per heavy atom. The molecule has 0 aromatic carbocycles. The number of ketones is 2. The zero-order valence-corrected chi connectivity index (χ0v) is 16.0. The van der Waals surface area contributed by atoms with Gasteiger partial charge in [-0.25, -0.2) is 0 Å². The molecule has 0 radical (unpaired) electrons. The lowest BCUT2D eigenvalue weighted by molar-refractivity contribution is -0.141. The summed E-state index contributed by atoms with van der Waals surface area (Å²) in [6.45, 7) is 14.7. The highest BCUT2D eigenvalue weighted by Crippen LogP contribution is 2.29. The molecule has 2 rings (SSSR count). The van der Waals surface area contributed by atoms with E-state index in [1.165, 1.54) is 0 Å². The highest BCUT2D eigenvalue weighted by molar-refractivity contribution is 5.88. The summed E-state index contributed by atoms with van der Waals surface area (Å²) < 4.78 is 5.61. The van der Waals surface area contributed by atoms with Crippen LogP contribution >= 0.6 is 0 Å². The Kier molecular flexibility index (Phi) is 6.21. The number of morpholine rings is 1. The molecule has 1 N–H and O–H groups in total. The van der Waals surface area contributed by atoms with Gasteiger partial charge < -0.3 is 15.0 Å². The van der Waals surface area contributed by atoms with Crippen molar-refractivity contribution < 1.29 is 14.3 Å². The van der Waals surface area contributed by atoms with E-state index in [1.807, 2.05) is 34.6 Å². The van der Waals surface area contributed by atoms with Crippen molar-refractivity contribution >= 4 is 11.6 Å². The zero-order chi connectivity index (χ0) is 18.0. The van der Waals surface area contributed by atoms with Crippen LogP contribution in [0.4, 0.5) is 0 Å². The number of nitrogens with zero attached hydrogens (tertiary/aromatic N) is 1. The van der Waals surface area contributed by atoms with Crippen LogP contribution in [0.15, 0.2) is 0 Å². The van der Waals surface area contributed by atoms with Gasteiger partial charge in [0.25, 0.3) is 0 Å². The standard InChI is InChI=1S/C19H34N2O3/c1-18(2,3)16(22)14-6-9-21(13-14)10-7-19(4,5)17(23)15-12-20-8-11-24-15/h14-15,20H,6-13H2,1-5H3/t14-,15+/m0/s1. The van der Waals surface area contributed by atoms with Crippen molar-refractivity contribution in [2.75, 3.05) is 39.3 Å². The Morgan fingerprint density at radius 2 is 1.88 bits per heavy atom. The van der Waals surface area contributed by atoms with E-state index in [2.05, 4.69) is 10.2 Å².